The normalized spacial score (nSPS) is 12.5. The van der Waals surface area contributed by atoms with E-state index in [-0.39, 0.29) is 18.0 Å². The van der Waals surface area contributed by atoms with Crippen molar-refractivity contribution in [2.24, 2.45) is 0 Å². The maximum atomic E-state index is 13.0. The van der Waals surface area contributed by atoms with E-state index in [2.05, 4.69) is 5.92 Å². The molecule has 0 aliphatic carbocycles. The molecule has 0 N–H and O–H groups in total. The number of rotatable bonds is 7. The molecule has 26 heavy (non-hydrogen) atoms. The Kier molecular flexibility index (Phi) is 6.97. The van der Waals surface area contributed by atoms with Crippen molar-refractivity contribution in [1.82, 2.24) is 4.31 Å². The van der Waals surface area contributed by atoms with E-state index in [0.717, 1.165) is 11.1 Å². The highest BCUT2D eigenvalue weighted by atomic mass is 32.2. The summed E-state index contributed by atoms with van der Waals surface area (Å²) in [6, 6.07) is 16.4. The number of nitrogens with zero attached hydrogens (tertiary/aromatic N) is 1. The number of allylic oxidation sites excluding steroid dienone is 2. The van der Waals surface area contributed by atoms with E-state index in [9.17, 15) is 8.42 Å². The van der Waals surface area contributed by atoms with Gasteiger partial charge < -0.3 is 0 Å². The highest BCUT2D eigenvalue weighted by Gasteiger charge is 2.22. The van der Waals surface area contributed by atoms with Crippen molar-refractivity contribution in [2.75, 3.05) is 13.1 Å². The molecule has 0 heterocycles. The predicted molar refractivity (Wildman–Crippen MR) is 108 cm³/mol. The molecule has 0 saturated carbocycles. The molecule has 0 bridgehead atoms. The number of terminal acetylenes is 1. The number of hydrogen-bond acceptors (Lipinski definition) is 2. The molecule has 0 saturated heterocycles. The minimum absolute atomic E-state index is 0.203. The van der Waals surface area contributed by atoms with Gasteiger partial charge in [0.1, 0.15) is 0 Å². The molecular formula is C22H23NO2S. The third kappa shape index (κ3) is 4.95. The lowest BCUT2D eigenvalue weighted by Crippen LogP contribution is -2.31. The second-order valence-corrected chi connectivity index (χ2v) is 7.77. The fourth-order valence-corrected chi connectivity index (χ4v) is 3.76. The van der Waals surface area contributed by atoms with Crippen LogP contribution in [0.5, 0.6) is 0 Å². The Bertz CT molecular complexity index is 918. The van der Waals surface area contributed by atoms with Crippen molar-refractivity contribution in [2.45, 2.75) is 18.7 Å². The molecule has 0 radical (unpaired) electrons. The molecule has 2 rings (SSSR count). The average Bonchev–Trinajstić information content (AvgIpc) is 2.65. The van der Waals surface area contributed by atoms with Crippen molar-refractivity contribution >= 4 is 15.6 Å². The van der Waals surface area contributed by atoms with Crippen LogP contribution in [0.2, 0.25) is 0 Å². The Labute approximate surface area is 156 Å². The van der Waals surface area contributed by atoms with Gasteiger partial charge in [-0.25, -0.2) is 8.42 Å². The molecule has 0 unspecified atom stereocenters. The fraction of sp³-hybridized carbons (Fsp3) is 0.182. The Morgan fingerprint density at radius 2 is 1.73 bits per heavy atom. The molecule has 4 heteroatoms. The van der Waals surface area contributed by atoms with Crippen molar-refractivity contribution in [3.8, 4) is 12.3 Å². The summed E-state index contributed by atoms with van der Waals surface area (Å²) in [5, 5.41) is 0. The molecule has 2 aromatic carbocycles. The lowest BCUT2D eigenvalue weighted by Gasteiger charge is -2.20. The minimum Gasteiger partial charge on any atom is -0.207 e. The van der Waals surface area contributed by atoms with Crippen molar-refractivity contribution in [1.29, 1.82) is 0 Å². The summed E-state index contributed by atoms with van der Waals surface area (Å²) in [5.74, 6) is 2.65. The van der Waals surface area contributed by atoms with Gasteiger partial charge in [0.2, 0.25) is 10.0 Å². The summed E-state index contributed by atoms with van der Waals surface area (Å²) >= 11 is 0. The summed E-state index contributed by atoms with van der Waals surface area (Å²) < 4.78 is 27.4. The van der Waals surface area contributed by atoms with Gasteiger partial charge in [0.25, 0.3) is 0 Å². The summed E-state index contributed by atoms with van der Waals surface area (Å²) in [6.07, 6.45) is 11.1. The second-order valence-electron chi connectivity index (χ2n) is 5.83. The van der Waals surface area contributed by atoms with Gasteiger partial charge >= 0.3 is 0 Å². The summed E-state index contributed by atoms with van der Waals surface area (Å²) in [5.41, 5.74) is 2.59. The van der Waals surface area contributed by atoms with E-state index in [0.29, 0.717) is 5.57 Å². The van der Waals surface area contributed by atoms with E-state index in [1.54, 1.807) is 30.3 Å². The van der Waals surface area contributed by atoms with Crippen LogP contribution in [-0.4, -0.2) is 25.8 Å². The van der Waals surface area contributed by atoms with Gasteiger partial charge in [-0.15, -0.1) is 6.42 Å². The monoisotopic (exact) mass is 365 g/mol. The lowest BCUT2D eigenvalue weighted by atomic mass is 10.1. The van der Waals surface area contributed by atoms with Crippen LogP contribution in [0.1, 0.15) is 18.1 Å². The number of hydrogen-bond donors (Lipinski definition) is 0. The van der Waals surface area contributed by atoms with Crippen LogP contribution in [0, 0.1) is 19.3 Å². The molecule has 0 aliphatic heterocycles. The van der Waals surface area contributed by atoms with E-state index in [1.807, 2.05) is 56.3 Å². The smallest absolute Gasteiger partial charge is 0.207 e. The van der Waals surface area contributed by atoms with Crippen molar-refractivity contribution in [3.05, 3.63) is 84.0 Å². The van der Waals surface area contributed by atoms with Crippen molar-refractivity contribution < 1.29 is 8.42 Å². The third-order valence-corrected chi connectivity index (χ3v) is 5.79. The van der Waals surface area contributed by atoms with E-state index in [1.165, 1.54) is 4.31 Å². The molecular weight excluding hydrogens is 342 g/mol. The zero-order valence-corrected chi connectivity index (χ0v) is 15.9. The highest BCUT2D eigenvalue weighted by molar-refractivity contribution is 7.89. The molecule has 2 aromatic rings. The van der Waals surface area contributed by atoms with Gasteiger partial charge in [-0.3, -0.25) is 0 Å². The lowest BCUT2D eigenvalue weighted by molar-refractivity contribution is 0.474. The van der Waals surface area contributed by atoms with Crippen molar-refractivity contribution in [3.63, 3.8) is 0 Å². The number of sulfonamides is 1. The predicted octanol–water partition coefficient (Wildman–Crippen LogP) is 4.28. The van der Waals surface area contributed by atoms with Crippen LogP contribution in [0.3, 0.4) is 0 Å². The first-order valence-electron chi connectivity index (χ1n) is 8.39. The van der Waals surface area contributed by atoms with Gasteiger partial charge in [-0.05, 0) is 31.5 Å². The van der Waals surface area contributed by atoms with Crippen LogP contribution < -0.4 is 0 Å². The third-order valence-electron chi connectivity index (χ3n) is 3.94. The maximum absolute atomic E-state index is 13.0. The van der Waals surface area contributed by atoms with Crippen LogP contribution in [0.25, 0.3) is 5.57 Å². The van der Waals surface area contributed by atoms with Crippen LogP contribution in [-0.2, 0) is 10.0 Å². The standard InChI is InChI=1S/C22H23NO2S/c1-4-6-17-23(26(24,25)22-14-12-19(3)13-15-22)18-16-20(5-2)21-10-8-7-9-11-21/h2,4,6-16H,17-18H2,1,3H3/b6-4+,20-16+. The Morgan fingerprint density at radius 1 is 1.08 bits per heavy atom. The highest BCUT2D eigenvalue weighted by Crippen LogP contribution is 2.18. The first-order chi connectivity index (χ1) is 12.5. The zero-order valence-electron chi connectivity index (χ0n) is 15.1. The number of benzene rings is 2. The van der Waals surface area contributed by atoms with E-state index in [4.69, 9.17) is 6.42 Å². The molecule has 0 spiro atoms. The van der Waals surface area contributed by atoms with Gasteiger partial charge in [0.15, 0.2) is 0 Å². The van der Waals surface area contributed by atoms with Gasteiger partial charge in [0, 0.05) is 18.7 Å². The van der Waals surface area contributed by atoms with Crippen LogP contribution >= 0.6 is 0 Å². The topological polar surface area (TPSA) is 37.4 Å². The summed E-state index contributed by atoms with van der Waals surface area (Å²) in [6.45, 7) is 4.28. The minimum atomic E-state index is -3.61. The largest absolute Gasteiger partial charge is 0.243 e. The maximum Gasteiger partial charge on any atom is 0.243 e. The van der Waals surface area contributed by atoms with Gasteiger partial charge in [0.05, 0.1) is 4.90 Å². The van der Waals surface area contributed by atoms with E-state index >= 15 is 0 Å². The Morgan fingerprint density at radius 3 is 2.31 bits per heavy atom. The molecule has 0 atom stereocenters. The summed E-state index contributed by atoms with van der Waals surface area (Å²) in [4.78, 5) is 0.281. The zero-order chi connectivity index (χ0) is 19.0. The van der Waals surface area contributed by atoms with Crippen LogP contribution in [0.15, 0.2) is 77.7 Å². The Hall–Kier alpha value is -2.61. The van der Waals surface area contributed by atoms with Gasteiger partial charge in [-0.2, -0.15) is 4.31 Å². The molecule has 3 nitrogen and oxygen atoms in total. The molecule has 0 aromatic heterocycles. The number of aryl methyl sites for hydroxylation is 1. The first-order valence-corrected chi connectivity index (χ1v) is 9.83. The molecule has 0 aliphatic rings. The molecule has 0 amide bonds. The second kappa shape index (κ2) is 9.19. The van der Waals surface area contributed by atoms with Gasteiger partial charge in [-0.1, -0.05) is 72.2 Å². The summed E-state index contributed by atoms with van der Waals surface area (Å²) in [7, 11) is -3.61. The molecule has 134 valence electrons. The SMILES string of the molecule is C#C/C(=C\CN(C/C=C/C)S(=O)(=O)c1ccc(C)cc1)c1ccccc1. The first kappa shape index (κ1) is 19.7. The van der Waals surface area contributed by atoms with Crippen LogP contribution in [0.4, 0.5) is 0 Å². The average molecular weight is 365 g/mol. The Balaban J connectivity index is 2.34. The molecule has 0 fully saturated rings. The quantitative estimate of drug-likeness (QED) is 0.542. The van der Waals surface area contributed by atoms with E-state index < -0.39 is 10.0 Å². The fourth-order valence-electron chi connectivity index (χ4n) is 2.42.